The molecule has 0 radical (unpaired) electrons. The smallest absolute Gasteiger partial charge is 0.421 e. The van der Waals surface area contributed by atoms with Crippen LogP contribution in [-0.2, 0) is 19.7 Å². The summed E-state index contributed by atoms with van der Waals surface area (Å²) in [6.45, 7) is 1.59. The Morgan fingerprint density at radius 3 is 2.50 bits per heavy atom. The van der Waals surface area contributed by atoms with Gasteiger partial charge in [0, 0.05) is 6.04 Å². The lowest BCUT2D eigenvalue weighted by molar-refractivity contribution is -0.142. The minimum absolute atomic E-state index is 0.0442. The van der Waals surface area contributed by atoms with E-state index in [1.54, 1.807) is 11.6 Å². The van der Waals surface area contributed by atoms with Crippen LogP contribution in [0.15, 0.2) is 0 Å². The Morgan fingerprint density at radius 1 is 1.25 bits per heavy atom. The zero-order valence-electron chi connectivity index (χ0n) is 11.3. The molecule has 116 valence electrons. The predicted octanol–water partition coefficient (Wildman–Crippen LogP) is 0.600. The number of ether oxygens (including phenoxy) is 1. The average Bonchev–Trinajstić information content (AvgIpc) is 2.53. The van der Waals surface area contributed by atoms with Gasteiger partial charge >= 0.3 is 22.3 Å². The van der Waals surface area contributed by atoms with Gasteiger partial charge in [0.1, 0.15) is 0 Å². The van der Waals surface area contributed by atoms with Crippen molar-refractivity contribution in [3.8, 4) is 0 Å². The third-order valence-corrected chi connectivity index (χ3v) is 4.18. The number of nitrogens with one attached hydrogen (secondary N) is 2. The van der Waals surface area contributed by atoms with Gasteiger partial charge in [0.15, 0.2) is 0 Å². The van der Waals surface area contributed by atoms with E-state index >= 15 is 0 Å². The maximum Gasteiger partial charge on any atom is 0.421 e. The largest absolute Gasteiger partial charge is 0.481 e. The molecule has 2 atom stereocenters. The number of hydrogen-bond donors (Lipinski definition) is 3. The van der Waals surface area contributed by atoms with Crippen LogP contribution in [0.5, 0.6) is 0 Å². The summed E-state index contributed by atoms with van der Waals surface area (Å²) in [5.41, 5.74) is 0. The third kappa shape index (κ3) is 5.33. The van der Waals surface area contributed by atoms with E-state index in [4.69, 9.17) is 5.11 Å². The fraction of sp³-hybridized carbons (Fsp3) is 0.818. The molecule has 8 nitrogen and oxygen atoms in total. The number of carboxylic acids is 1. The van der Waals surface area contributed by atoms with Crippen molar-refractivity contribution in [2.45, 2.75) is 45.1 Å². The van der Waals surface area contributed by atoms with Gasteiger partial charge in [0.2, 0.25) is 0 Å². The molecule has 1 amide bonds. The Balaban J connectivity index is 2.71. The number of carbonyl (C=O) groups is 2. The highest BCUT2D eigenvalue weighted by Crippen LogP contribution is 2.24. The number of aliphatic carboxylic acids is 1. The van der Waals surface area contributed by atoms with E-state index < -0.39 is 34.2 Å². The van der Waals surface area contributed by atoms with Gasteiger partial charge in [-0.2, -0.15) is 13.1 Å². The highest BCUT2D eigenvalue weighted by atomic mass is 32.2. The van der Waals surface area contributed by atoms with Gasteiger partial charge < -0.3 is 9.84 Å². The molecule has 20 heavy (non-hydrogen) atoms. The van der Waals surface area contributed by atoms with Crippen molar-refractivity contribution in [1.29, 1.82) is 0 Å². The van der Waals surface area contributed by atoms with Gasteiger partial charge in [-0.25, -0.2) is 9.52 Å². The monoisotopic (exact) mass is 308 g/mol. The minimum Gasteiger partial charge on any atom is -0.481 e. The highest BCUT2D eigenvalue weighted by molar-refractivity contribution is 7.88. The van der Waals surface area contributed by atoms with E-state index in [1.165, 1.54) is 0 Å². The Kier molecular flexibility index (Phi) is 6.21. The van der Waals surface area contributed by atoms with Crippen molar-refractivity contribution in [3.05, 3.63) is 0 Å². The normalized spacial score (nSPS) is 23.6. The van der Waals surface area contributed by atoms with Crippen LogP contribution in [0.25, 0.3) is 0 Å². The number of carbonyl (C=O) groups excluding carboxylic acids is 1. The fourth-order valence-electron chi connectivity index (χ4n) is 2.24. The number of rotatable bonds is 5. The first-order valence-corrected chi connectivity index (χ1v) is 8.03. The molecule has 0 spiro atoms. The predicted molar refractivity (Wildman–Crippen MR) is 70.2 cm³/mol. The summed E-state index contributed by atoms with van der Waals surface area (Å²) in [5.74, 6) is -1.81. The molecule has 0 aliphatic heterocycles. The molecule has 1 rings (SSSR count). The lowest BCUT2D eigenvalue weighted by Gasteiger charge is -2.22. The summed E-state index contributed by atoms with van der Waals surface area (Å²) in [5, 5.41) is 9.15. The number of hydrogen-bond acceptors (Lipinski definition) is 5. The molecule has 1 saturated carbocycles. The molecule has 9 heteroatoms. The summed E-state index contributed by atoms with van der Waals surface area (Å²) in [6.07, 6.45) is 2.13. The molecule has 0 aromatic carbocycles. The van der Waals surface area contributed by atoms with E-state index in [9.17, 15) is 18.0 Å². The lowest BCUT2D eigenvalue weighted by Crippen LogP contribution is -2.49. The van der Waals surface area contributed by atoms with Gasteiger partial charge in [-0.15, -0.1) is 0 Å². The van der Waals surface area contributed by atoms with Crippen LogP contribution < -0.4 is 9.44 Å². The zero-order valence-corrected chi connectivity index (χ0v) is 12.1. The van der Waals surface area contributed by atoms with Gasteiger partial charge in [-0.3, -0.25) is 4.79 Å². The first kappa shape index (κ1) is 16.7. The molecule has 0 aromatic rings. The average molecular weight is 308 g/mol. The van der Waals surface area contributed by atoms with Gasteiger partial charge in [0.25, 0.3) is 0 Å². The molecule has 1 aliphatic rings. The Morgan fingerprint density at radius 2 is 1.90 bits per heavy atom. The van der Waals surface area contributed by atoms with Crippen molar-refractivity contribution in [2.24, 2.45) is 5.92 Å². The fourth-order valence-corrected chi connectivity index (χ4v) is 3.26. The van der Waals surface area contributed by atoms with Gasteiger partial charge in [-0.1, -0.05) is 19.3 Å². The Hall–Kier alpha value is -1.35. The standard InChI is InChI=1S/C11H20N2O6S/c1-2-19-11(16)13-20(17,18)12-9-7-5-3-4-6-8(9)10(14)15/h8-9,12H,2-7H2,1H3,(H,13,16)(H,14,15). The maximum atomic E-state index is 11.7. The van der Waals surface area contributed by atoms with Crippen LogP contribution in [0.1, 0.15) is 39.0 Å². The second-order valence-electron chi connectivity index (χ2n) is 4.63. The molecular formula is C11H20N2O6S. The summed E-state index contributed by atoms with van der Waals surface area (Å²) < 4.78 is 31.9. The SMILES string of the molecule is CCOC(=O)NS(=O)(=O)NC1CCCCCC1C(=O)O. The van der Waals surface area contributed by atoms with E-state index in [1.807, 2.05) is 0 Å². The van der Waals surface area contributed by atoms with Crippen LogP contribution in [0.2, 0.25) is 0 Å². The molecular weight excluding hydrogens is 288 g/mol. The van der Waals surface area contributed by atoms with Crippen LogP contribution in [0, 0.1) is 5.92 Å². The third-order valence-electron chi connectivity index (χ3n) is 3.13. The van der Waals surface area contributed by atoms with E-state index in [-0.39, 0.29) is 6.61 Å². The van der Waals surface area contributed by atoms with Crippen molar-refractivity contribution in [1.82, 2.24) is 9.44 Å². The Bertz CT molecular complexity index is 450. The Labute approximate surface area is 118 Å². The topological polar surface area (TPSA) is 122 Å². The van der Waals surface area contributed by atoms with Gasteiger partial charge in [0.05, 0.1) is 12.5 Å². The van der Waals surface area contributed by atoms with Crippen molar-refractivity contribution in [2.75, 3.05) is 6.61 Å². The second-order valence-corrected chi connectivity index (χ2v) is 6.08. The van der Waals surface area contributed by atoms with E-state index in [2.05, 4.69) is 9.46 Å². The van der Waals surface area contributed by atoms with Crippen molar-refractivity contribution < 1.29 is 27.9 Å². The van der Waals surface area contributed by atoms with Crippen molar-refractivity contribution >= 4 is 22.3 Å². The summed E-state index contributed by atoms with van der Waals surface area (Å²) in [7, 11) is -4.12. The van der Waals surface area contributed by atoms with Crippen molar-refractivity contribution in [3.63, 3.8) is 0 Å². The quantitative estimate of drug-likeness (QED) is 0.639. The van der Waals surface area contributed by atoms with Crippen LogP contribution in [-0.4, -0.2) is 38.2 Å². The molecule has 0 aromatic heterocycles. The van der Waals surface area contributed by atoms with Crippen LogP contribution in [0.3, 0.4) is 0 Å². The summed E-state index contributed by atoms with van der Waals surface area (Å²) in [4.78, 5) is 22.3. The molecule has 1 aliphatic carbocycles. The summed E-state index contributed by atoms with van der Waals surface area (Å²) >= 11 is 0. The number of carboxylic acid groups (broad SMARTS) is 1. The molecule has 3 N–H and O–H groups in total. The van der Waals surface area contributed by atoms with E-state index in [0.29, 0.717) is 12.8 Å². The highest BCUT2D eigenvalue weighted by Gasteiger charge is 2.32. The van der Waals surface area contributed by atoms with Gasteiger partial charge in [-0.05, 0) is 19.8 Å². The zero-order chi connectivity index (χ0) is 15.2. The molecule has 0 saturated heterocycles. The van der Waals surface area contributed by atoms with Crippen LogP contribution >= 0.6 is 0 Å². The molecule has 0 heterocycles. The molecule has 1 fully saturated rings. The molecule has 0 bridgehead atoms. The molecule has 2 unspecified atom stereocenters. The number of amides is 1. The lowest BCUT2D eigenvalue weighted by atomic mass is 9.96. The summed E-state index contributed by atoms with van der Waals surface area (Å²) in [6, 6.07) is -0.720. The minimum atomic E-state index is -4.12. The van der Waals surface area contributed by atoms with Crippen LogP contribution in [0.4, 0.5) is 4.79 Å². The second kappa shape index (κ2) is 7.44. The maximum absolute atomic E-state index is 11.7. The first-order valence-electron chi connectivity index (χ1n) is 6.55. The first-order chi connectivity index (χ1) is 9.35. The van der Waals surface area contributed by atoms with E-state index in [0.717, 1.165) is 19.3 Å².